The van der Waals surface area contributed by atoms with E-state index in [9.17, 15) is 14.7 Å². The van der Waals surface area contributed by atoms with Gasteiger partial charge < -0.3 is 15.3 Å². The van der Waals surface area contributed by atoms with Crippen LogP contribution in [0.25, 0.3) is 0 Å². The normalized spacial score (nSPS) is 14.2. The van der Waals surface area contributed by atoms with E-state index in [2.05, 4.69) is 0 Å². The largest absolute Gasteiger partial charge is 0.479 e. The van der Waals surface area contributed by atoms with Crippen LogP contribution >= 0.6 is 0 Å². The molecule has 1 rings (SSSR count). The Labute approximate surface area is 92.0 Å². The molecule has 1 aromatic carbocycles. The minimum absolute atomic E-state index is 0.262. The van der Waals surface area contributed by atoms with Crippen molar-refractivity contribution >= 4 is 12.3 Å². The van der Waals surface area contributed by atoms with E-state index in [1.807, 2.05) is 0 Å². The third-order valence-electron chi connectivity index (χ3n) is 2.31. The number of hydrogen-bond donors (Lipinski definition) is 3. The van der Waals surface area contributed by atoms with Gasteiger partial charge in [-0.2, -0.15) is 0 Å². The second-order valence-corrected chi connectivity index (χ2v) is 3.46. The minimum Gasteiger partial charge on any atom is -0.479 e. The van der Waals surface area contributed by atoms with Gasteiger partial charge in [-0.05, 0) is 18.1 Å². The molecule has 0 heterocycles. The lowest BCUT2D eigenvalue weighted by Gasteiger charge is -2.15. The fourth-order valence-electron chi connectivity index (χ4n) is 1.33. The highest BCUT2D eigenvalue weighted by molar-refractivity contribution is 5.77. The van der Waals surface area contributed by atoms with Crippen LogP contribution in [0.2, 0.25) is 0 Å². The van der Waals surface area contributed by atoms with Crippen molar-refractivity contribution in [3.63, 3.8) is 0 Å². The van der Waals surface area contributed by atoms with Crippen molar-refractivity contribution in [3.8, 4) is 0 Å². The van der Waals surface area contributed by atoms with Gasteiger partial charge in [-0.1, -0.05) is 18.2 Å². The van der Waals surface area contributed by atoms with Crippen LogP contribution in [0.4, 0.5) is 0 Å². The molecule has 2 atom stereocenters. The highest BCUT2D eigenvalue weighted by Gasteiger charge is 2.25. The number of aliphatic carboxylic acids is 1. The van der Waals surface area contributed by atoms with Crippen molar-refractivity contribution in [3.05, 3.63) is 34.9 Å². The maximum absolute atomic E-state index is 10.5. The average Bonchev–Trinajstić information content (AvgIpc) is 2.26. The Morgan fingerprint density at radius 3 is 2.44 bits per heavy atom. The number of rotatable bonds is 4. The van der Waals surface area contributed by atoms with E-state index in [-0.39, 0.29) is 5.56 Å². The number of carboxylic acid groups (broad SMARTS) is 1. The summed E-state index contributed by atoms with van der Waals surface area (Å²) < 4.78 is 0. The Bertz CT molecular complexity index is 413. The minimum atomic E-state index is -1.87. The Balaban J connectivity index is 3.01. The van der Waals surface area contributed by atoms with Crippen LogP contribution in [0.15, 0.2) is 18.2 Å². The highest BCUT2D eigenvalue weighted by atomic mass is 16.4. The number of carbonyl (C=O) groups excluding carboxylic acids is 1. The summed E-state index contributed by atoms with van der Waals surface area (Å²) in [6.45, 7) is 1.66. The number of aliphatic hydroxyl groups is 2. The predicted octanol–water partition coefficient (Wildman–Crippen LogP) is 0.286. The van der Waals surface area contributed by atoms with Crippen molar-refractivity contribution in [1.82, 2.24) is 0 Å². The third-order valence-corrected chi connectivity index (χ3v) is 2.31. The van der Waals surface area contributed by atoms with Crippen LogP contribution in [0, 0.1) is 6.92 Å². The second-order valence-electron chi connectivity index (χ2n) is 3.46. The molecule has 1 aromatic rings. The summed E-state index contributed by atoms with van der Waals surface area (Å²) in [5, 5.41) is 27.2. The lowest BCUT2D eigenvalue weighted by molar-refractivity contribution is -0.153. The van der Waals surface area contributed by atoms with Gasteiger partial charge in [0.25, 0.3) is 0 Å². The monoisotopic (exact) mass is 224 g/mol. The summed E-state index contributed by atoms with van der Waals surface area (Å²) in [5.41, 5.74) is 1.34. The first kappa shape index (κ1) is 12.4. The molecule has 0 spiro atoms. The van der Waals surface area contributed by atoms with Crippen molar-refractivity contribution < 1.29 is 24.9 Å². The highest BCUT2D eigenvalue weighted by Crippen LogP contribution is 2.19. The molecule has 2 unspecified atom stereocenters. The molecule has 86 valence electrons. The number of hydrogen-bond acceptors (Lipinski definition) is 4. The van der Waals surface area contributed by atoms with Gasteiger partial charge in [-0.3, -0.25) is 4.79 Å². The van der Waals surface area contributed by atoms with Crippen LogP contribution in [0.3, 0.4) is 0 Å². The van der Waals surface area contributed by atoms with Crippen molar-refractivity contribution in [1.29, 1.82) is 0 Å². The van der Waals surface area contributed by atoms with E-state index in [0.29, 0.717) is 17.4 Å². The molecule has 0 saturated carbocycles. The average molecular weight is 224 g/mol. The summed E-state index contributed by atoms with van der Waals surface area (Å²) in [7, 11) is 0. The van der Waals surface area contributed by atoms with E-state index in [0.717, 1.165) is 0 Å². The fourth-order valence-corrected chi connectivity index (χ4v) is 1.33. The standard InChI is InChI=1S/C11H12O5/c1-6-4-7(2-3-8(6)5-12)9(13)10(14)11(15)16/h2-5,9-10,13-14H,1H3,(H,15,16). The van der Waals surface area contributed by atoms with Gasteiger partial charge in [0, 0.05) is 5.56 Å². The van der Waals surface area contributed by atoms with Gasteiger partial charge in [0.15, 0.2) is 6.10 Å². The first-order valence-electron chi connectivity index (χ1n) is 4.62. The first-order chi connectivity index (χ1) is 7.47. The van der Waals surface area contributed by atoms with Crippen LogP contribution in [0.1, 0.15) is 27.6 Å². The third kappa shape index (κ3) is 2.44. The molecule has 0 radical (unpaired) electrons. The molecule has 0 bridgehead atoms. The van der Waals surface area contributed by atoms with Crippen LogP contribution in [0.5, 0.6) is 0 Å². The van der Waals surface area contributed by atoms with Gasteiger partial charge >= 0.3 is 5.97 Å². The number of carbonyl (C=O) groups is 2. The van der Waals surface area contributed by atoms with E-state index < -0.39 is 18.2 Å². The predicted molar refractivity (Wildman–Crippen MR) is 55.2 cm³/mol. The molecule has 16 heavy (non-hydrogen) atoms. The molecular weight excluding hydrogens is 212 g/mol. The molecule has 0 aliphatic carbocycles. The summed E-state index contributed by atoms with van der Waals surface area (Å²) in [6, 6.07) is 4.35. The Hall–Kier alpha value is -1.72. The summed E-state index contributed by atoms with van der Waals surface area (Å²) in [4.78, 5) is 21.0. The van der Waals surface area contributed by atoms with Crippen LogP contribution in [-0.2, 0) is 4.79 Å². The topological polar surface area (TPSA) is 94.8 Å². The Morgan fingerprint density at radius 2 is 2.00 bits per heavy atom. The first-order valence-corrected chi connectivity index (χ1v) is 4.62. The maximum atomic E-state index is 10.5. The molecule has 5 nitrogen and oxygen atoms in total. The van der Waals surface area contributed by atoms with Gasteiger partial charge in [0.1, 0.15) is 12.4 Å². The van der Waals surface area contributed by atoms with E-state index >= 15 is 0 Å². The SMILES string of the molecule is Cc1cc(C(O)C(O)C(=O)O)ccc1C=O. The van der Waals surface area contributed by atoms with E-state index in [4.69, 9.17) is 10.2 Å². The molecule has 0 aliphatic rings. The van der Waals surface area contributed by atoms with Gasteiger partial charge in [-0.25, -0.2) is 4.79 Å². The molecule has 0 aromatic heterocycles. The molecule has 0 fully saturated rings. The molecule has 0 aliphatic heterocycles. The quantitative estimate of drug-likeness (QED) is 0.639. The molecule has 0 saturated heterocycles. The zero-order valence-electron chi connectivity index (χ0n) is 8.62. The maximum Gasteiger partial charge on any atom is 0.335 e. The fraction of sp³-hybridized carbons (Fsp3) is 0.273. The van der Waals surface area contributed by atoms with Crippen LogP contribution < -0.4 is 0 Å². The zero-order valence-corrected chi connectivity index (χ0v) is 8.62. The molecule has 0 amide bonds. The number of carboxylic acids is 1. The summed E-state index contributed by atoms with van der Waals surface area (Å²) in [6.07, 6.45) is -2.71. The van der Waals surface area contributed by atoms with Crippen molar-refractivity contribution in [2.45, 2.75) is 19.1 Å². The number of aryl methyl sites for hydroxylation is 1. The lowest BCUT2D eigenvalue weighted by Crippen LogP contribution is -2.27. The second kappa shape index (κ2) is 4.87. The van der Waals surface area contributed by atoms with Crippen LogP contribution in [-0.4, -0.2) is 33.7 Å². The zero-order chi connectivity index (χ0) is 12.3. The van der Waals surface area contributed by atoms with Crippen molar-refractivity contribution in [2.75, 3.05) is 0 Å². The Morgan fingerprint density at radius 1 is 1.38 bits per heavy atom. The van der Waals surface area contributed by atoms with Gasteiger partial charge in [-0.15, -0.1) is 0 Å². The molecular formula is C11H12O5. The van der Waals surface area contributed by atoms with E-state index in [1.54, 1.807) is 6.92 Å². The number of aldehydes is 1. The molecule has 3 N–H and O–H groups in total. The van der Waals surface area contributed by atoms with E-state index in [1.165, 1.54) is 18.2 Å². The molecule has 5 heteroatoms. The Kier molecular flexibility index (Phi) is 3.76. The number of aliphatic hydroxyl groups excluding tert-OH is 2. The van der Waals surface area contributed by atoms with Crippen molar-refractivity contribution in [2.24, 2.45) is 0 Å². The summed E-state index contributed by atoms with van der Waals surface area (Å²) in [5.74, 6) is -1.50. The van der Waals surface area contributed by atoms with Gasteiger partial charge in [0.05, 0.1) is 0 Å². The van der Waals surface area contributed by atoms with Gasteiger partial charge in [0.2, 0.25) is 0 Å². The summed E-state index contributed by atoms with van der Waals surface area (Å²) >= 11 is 0. The smallest absolute Gasteiger partial charge is 0.335 e. The number of benzene rings is 1. The lowest BCUT2D eigenvalue weighted by atomic mass is 9.99.